The molecule has 0 unspecified atom stereocenters. The smallest absolute Gasteiger partial charge is 0.275 e. The lowest BCUT2D eigenvalue weighted by molar-refractivity contribution is 0.102. The predicted molar refractivity (Wildman–Crippen MR) is 97.4 cm³/mol. The molecule has 0 aliphatic rings. The fraction of sp³-hybridized carbons (Fsp3) is 0.0500. The number of hydrogen-bond acceptors (Lipinski definition) is 3. The number of aromatic nitrogens is 3. The van der Waals surface area contributed by atoms with Crippen molar-refractivity contribution in [3.63, 3.8) is 0 Å². The molecule has 2 heterocycles. The molecular weight excluding hydrogens is 331 g/mol. The molecule has 2 aromatic heterocycles. The van der Waals surface area contributed by atoms with E-state index < -0.39 is 0 Å². The minimum atomic E-state index is -0.309. The molecule has 0 bridgehead atoms. The first-order valence-corrected chi connectivity index (χ1v) is 8.10. The zero-order valence-corrected chi connectivity index (χ0v) is 13.8. The Hall–Kier alpha value is -3.54. The van der Waals surface area contributed by atoms with E-state index in [-0.39, 0.29) is 17.4 Å². The van der Waals surface area contributed by atoms with Crippen LogP contribution in [-0.2, 0) is 6.54 Å². The average molecular weight is 346 g/mol. The topological polar surface area (TPSA) is 59.8 Å². The Morgan fingerprint density at radius 1 is 1.12 bits per heavy atom. The molecule has 0 aliphatic heterocycles. The number of amides is 1. The number of rotatable bonds is 4. The highest BCUT2D eigenvalue weighted by Gasteiger charge is 2.09. The lowest BCUT2D eigenvalue weighted by Gasteiger charge is -2.08. The van der Waals surface area contributed by atoms with Gasteiger partial charge in [0.15, 0.2) is 0 Å². The minimum absolute atomic E-state index is 0.243. The van der Waals surface area contributed by atoms with Crippen LogP contribution < -0.4 is 5.32 Å². The average Bonchev–Trinajstić information content (AvgIpc) is 3.04. The molecule has 0 saturated carbocycles. The predicted octanol–water partition coefficient (Wildman–Crippen LogP) is 3.87. The molecule has 0 aliphatic carbocycles. The second-order valence-corrected chi connectivity index (χ2v) is 5.89. The van der Waals surface area contributed by atoms with Crippen LogP contribution >= 0.6 is 0 Å². The van der Waals surface area contributed by atoms with E-state index in [9.17, 15) is 9.18 Å². The zero-order chi connectivity index (χ0) is 17.9. The number of carbonyl (C=O) groups is 1. The molecule has 128 valence electrons. The highest BCUT2D eigenvalue weighted by molar-refractivity contribution is 6.03. The van der Waals surface area contributed by atoms with E-state index in [1.165, 1.54) is 30.7 Å². The van der Waals surface area contributed by atoms with E-state index in [2.05, 4.69) is 15.3 Å². The second kappa shape index (κ2) is 6.76. The van der Waals surface area contributed by atoms with Crippen molar-refractivity contribution in [3.8, 4) is 0 Å². The van der Waals surface area contributed by atoms with Crippen LogP contribution in [0.4, 0.5) is 10.1 Å². The van der Waals surface area contributed by atoms with Crippen LogP contribution in [0.1, 0.15) is 16.1 Å². The van der Waals surface area contributed by atoms with Crippen LogP contribution in [0.3, 0.4) is 0 Å². The first-order chi connectivity index (χ1) is 12.7. The van der Waals surface area contributed by atoms with Gasteiger partial charge in [0, 0.05) is 41.7 Å². The normalized spacial score (nSPS) is 10.8. The fourth-order valence-corrected chi connectivity index (χ4v) is 2.86. The first kappa shape index (κ1) is 16.0. The minimum Gasteiger partial charge on any atom is -0.343 e. The molecule has 0 radical (unpaired) electrons. The van der Waals surface area contributed by atoms with Crippen molar-refractivity contribution in [1.29, 1.82) is 0 Å². The van der Waals surface area contributed by atoms with E-state index in [0.717, 1.165) is 16.5 Å². The lowest BCUT2D eigenvalue weighted by atomic mass is 10.2. The Labute approximate surface area is 149 Å². The Bertz CT molecular complexity index is 1080. The van der Waals surface area contributed by atoms with Gasteiger partial charge in [-0.3, -0.25) is 9.78 Å². The summed E-state index contributed by atoms with van der Waals surface area (Å²) >= 11 is 0. The van der Waals surface area contributed by atoms with Gasteiger partial charge in [-0.05, 0) is 42.0 Å². The third-order valence-corrected chi connectivity index (χ3v) is 4.07. The van der Waals surface area contributed by atoms with E-state index in [1.807, 2.05) is 41.1 Å². The summed E-state index contributed by atoms with van der Waals surface area (Å²) in [6.07, 6.45) is 6.36. The Balaban J connectivity index is 1.56. The van der Waals surface area contributed by atoms with Crippen molar-refractivity contribution in [2.45, 2.75) is 6.54 Å². The summed E-state index contributed by atoms with van der Waals surface area (Å²) in [5.74, 6) is -0.551. The monoisotopic (exact) mass is 346 g/mol. The maximum absolute atomic E-state index is 13.4. The van der Waals surface area contributed by atoms with Crippen molar-refractivity contribution in [3.05, 3.63) is 90.4 Å². The van der Waals surface area contributed by atoms with Crippen molar-refractivity contribution in [2.24, 2.45) is 0 Å². The maximum atomic E-state index is 13.4. The lowest BCUT2D eigenvalue weighted by Crippen LogP contribution is -2.13. The first-order valence-electron chi connectivity index (χ1n) is 8.10. The molecule has 5 nitrogen and oxygen atoms in total. The van der Waals surface area contributed by atoms with Crippen LogP contribution in [0.25, 0.3) is 10.9 Å². The van der Waals surface area contributed by atoms with E-state index in [4.69, 9.17) is 0 Å². The molecule has 6 heteroatoms. The SMILES string of the molecule is O=C(Nc1ccc2c(ccn2Cc2cccc(F)c2)c1)c1cnccn1. The van der Waals surface area contributed by atoms with Gasteiger partial charge >= 0.3 is 0 Å². The van der Waals surface area contributed by atoms with Crippen LogP contribution in [-0.4, -0.2) is 20.4 Å². The Morgan fingerprint density at radius 3 is 2.85 bits per heavy atom. The van der Waals surface area contributed by atoms with Crippen molar-refractivity contribution in [2.75, 3.05) is 5.32 Å². The molecule has 4 rings (SSSR count). The third-order valence-electron chi connectivity index (χ3n) is 4.07. The van der Waals surface area contributed by atoms with Gasteiger partial charge in [-0.1, -0.05) is 12.1 Å². The van der Waals surface area contributed by atoms with E-state index in [1.54, 1.807) is 6.07 Å². The summed E-state index contributed by atoms with van der Waals surface area (Å²) in [4.78, 5) is 20.1. The summed E-state index contributed by atoms with van der Waals surface area (Å²) in [5, 5.41) is 3.80. The van der Waals surface area contributed by atoms with Crippen molar-refractivity contribution in [1.82, 2.24) is 14.5 Å². The fourth-order valence-electron chi connectivity index (χ4n) is 2.86. The molecule has 0 spiro atoms. The van der Waals surface area contributed by atoms with Gasteiger partial charge in [0.1, 0.15) is 11.5 Å². The molecule has 0 saturated heterocycles. The van der Waals surface area contributed by atoms with Gasteiger partial charge < -0.3 is 9.88 Å². The van der Waals surface area contributed by atoms with Gasteiger partial charge in [-0.15, -0.1) is 0 Å². The van der Waals surface area contributed by atoms with Crippen LogP contribution in [0, 0.1) is 5.82 Å². The van der Waals surface area contributed by atoms with Gasteiger partial charge in [-0.25, -0.2) is 9.37 Å². The number of nitrogens with zero attached hydrogens (tertiary/aromatic N) is 3. The van der Waals surface area contributed by atoms with Crippen molar-refractivity contribution < 1.29 is 9.18 Å². The van der Waals surface area contributed by atoms with Gasteiger partial charge in [0.2, 0.25) is 0 Å². The number of nitrogens with one attached hydrogen (secondary N) is 1. The number of hydrogen-bond donors (Lipinski definition) is 1. The Morgan fingerprint density at radius 2 is 2.04 bits per heavy atom. The highest BCUT2D eigenvalue weighted by Crippen LogP contribution is 2.22. The van der Waals surface area contributed by atoms with Gasteiger partial charge in [0.05, 0.1) is 6.20 Å². The van der Waals surface area contributed by atoms with Gasteiger partial charge in [-0.2, -0.15) is 0 Å². The van der Waals surface area contributed by atoms with E-state index >= 15 is 0 Å². The number of fused-ring (bicyclic) bond motifs is 1. The third kappa shape index (κ3) is 3.30. The molecule has 0 atom stereocenters. The molecule has 2 aromatic carbocycles. The molecule has 1 amide bonds. The Kier molecular flexibility index (Phi) is 4.15. The quantitative estimate of drug-likeness (QED) is 0.610. The molecule has 0 fully saturated rings. The summed E-state index contributed by atoms with van der Waals surface area (Å²) in [6.45, 7) is 0.576. The summed E-state index contributed by atoms with van der Waals surface area (Å²) in [7, 11) is 0. The largest absolute Gasteiger partial charge is 0.343 e. The number of anilines is 1. The van der Waals surface area contributed by atoms with Gasteiger partial charge in [0.25, 0.3) is 5.91 Å². The van der Waals surface area contributed by atoms with Crippen LogP contribution in [0.15, 0.2) is 73.3 Å². The van der Waals surface area contributed by atoms with Crippen LogP contribution in [0.2, 0.25) is 0 Å². The molecule has 4 aromatic rings. The molecular formula is C20H15FN4O. The van der Waals surface area contributed by atoms with Crippen LogP contribution in [0.5, 0.6) is 0 Å². The maximum Gasteiger partial charge on any atom is 0.275 e. The second-order valence-electron chi connectivity index (χ2n) is 5.89. The highest BCUT2D eigenvalue weighted by atomic mass is 19.1. The zero-order valence-electron chi connectivity index (χ0n) is 13.8. The standard InChI is InChI=1S/C20H15FN4O/c21-16-3-1-2-14(10-16)13-25-9-6-15-11-17(4-5-19(15)25)24-20(26)18-12-22-7-8-23-18/h1-12H,13H2,(H,24,26). The molecule has 1 N–H and O–H groups in total. The van der Waals surface area contributed by atoms with E-state index in [0.29, 0.717) is 12.2 Å². The molecule has 26 heavy (non-hydrogen) atoms. The number of halogens is 1. The van der Waals surface area contributed by atoms with Crippen molar-refractivity contribution >= 4 is 22.5 Å². The summed E-state index contributed by atoms with van der Waals surface area (Å²) in [5.41, 5.74) is 2.84. The summed E-state index contributed by atoms with van der Waals surface area (Å²) in [6, 6.07) is 14.2. The number of carbonyl (C=O) groups excluding carboxylic acids is 1. The summed E-state index contributed by atoms with van der Waals surface area (Å²) < 4.78 is 15.4. The number of benzene rings is 2.